The number of furan rings is 2. The van der Waals surface area contributed by atoms with Crippen LogP contribution in [0.25, 0.3) is 122 Å². The van der Waals surface area contributed by atoms with Crippen molar-refractivity contribution in [2.24, 2.45) is 0 Å². The molecule has 0 bridgehead atoms. The van der Waals surface area contributed by atoms with E-state index in [1.165, 1.54) is 216 Å². The lowest BCUT2D eigenvalue weighted by Crippen LogP contribution is -2.25. The zero-order valence-corrected chi connectivity index (χ0v) is 64.5. The van der Waals surface area contributed by atoms with Crippen LogP contribution in [0.3, 0.4) is 0 Å². The van der Waals surface area contributed by atoms with Gasteiger partial charge in [-0.1, -0.05) is 300 Å². The van der Waals surface area contributed by atoms with Crippen molar-refractivity contribution in [3.63, 3.8) is 0 Å². The van der Waals surface area contributed by atoms with Gasteiger partial charge in [0.25, 0.3) is 0 Å². The topological polar surface area (TPSA) is 29.5 Å². The van der Waals surface area contributed by atoms with E-state index in [-0.39, 0.29) is 32.5 Å². The van der Waals surface area contributed by atoms with Crippen LogP contribution in [-0.4, -0.2) is 0 Å². The molecular weight excluding hydrogens is 1280 g/mol. The second-order valence-electron chi connectivity index (χ2n) is 35.3. The smallest absolute Gasteiger partial charge is 0.144 e. The van der Waals surface area contributed by atoms with Gasteiger partial charge in [-0.3, -0.25) is 0 Å². The van der Waals surface area contributed by atoms with Crippen molar-refractivity contribution >= 4 is 60.9 Å². The average Bonchev–Trinajstić information content (AvgIpc) is 1.50. The Balaban J connectivity index is 0.707. The molecule has 3 heteroatoms. The van der Waals surface area contributed by atoms with Crippen LogP contribution in [0.15, 0.2) is 227 Å². The van der Waals surface area contributed by atoms with Crippen molar-refractivity contribution in [3.05, 3.63) is 280 Å². The van der Waals surface area contributed by atoms with E-state index in [1.807, 2.05) is 0 Å². The molecule has 528 valence electrons. The summed E-state index contributed by atoms with van der Waals surface area (Å²) >= 11 is 0. The van der Waals surface area contributed by atoms with Gasteiger partial charge in [0, 0.05) is 76.8 Å². The Morgan fingerprint density at radius 3 is 1.35 bits per heavy atom. The summed E-state index contributed by atoms with van der Waals surface area (Å²) in [5, 5.41) is 4.73. The molecule has 12 aromatic carbocycles. The number of fused-ring (bicyclic) bond motifs is 25. The minimum Gasteiger partial charge on any atom is -0.455 e. The molecule has 0 spiro atoms. The molecule has 0 radical (unpaired) electrons. The first-order chi connectivity index (χ1) is 51.1. The largest absolute Gasteiger partial charge is 0.455 e. The highest BCUT2D eigenvalue weighted by Gasteiger charge is 2.50. The third-order valence-corrected chi connectivity index (χ3v) is 26.7. The maximum atomic E-state index is 7.25. The highest BCUT2D eigenvalue weighted by atomic mass is 16.3. The first kappa shape index (κ1) is 66.7. The lowest BCUT2D eigenvalue weighted by Gasteiger charge is -2.33. The Morgan fingerprint density at radius 1 is 0.311 bits per heavy atom. The monoisotopic (exact) mass is 1380 g/mol. The Morgan fingerprint density at radius 2 is 0.736 bits per heavy atom. The van der Waals surface area contributed by atoms with Crippen molar-refractivity contribution in [3.8, 4) is 77.9 Å². The standard InChI is InChI=1S/C103H99NO2/c1-14-16-18-20-30-54-103(55-31-21-19-17-15-2)80-37-27-22-32-69(80)72-50-41-63(57-85(72)103)62-40-49-70-71-51-42-64(58-82(71)99(6,7)81(70)56-62)78-61-86-89(91-76-34-24-28-38-87(76)105-96(78)91)74-52-47-67(59-83(74)100(86,8)9)104(66-45-43-65(44-46-66)98(3,4)5)68-48-53-75-84(60-68)102(12,13)94-90(75)92-77-35-25-29-39-88(77)106-97(92)93-73-33-23-26-36-79(73)101(10,11)95(93)94/h22-29,32-53,56-61H,14-21,30-31,54-55H2,1-13H3. The predicted molar refractivity (Wildman–Crippen MR) is 448 cm³/mol. The van der Waals surface area contributed by atoms with Crippen molar-refractivity contribution in [1.29, 1.82) is 0 Å². The van der Waals surface area contributed by atoms with Gasteiger partial charge >= 0.3 is 0 Å². The summed E-state index contributed by atoms with van der Waals surface area (Å²) in [6, 6.07) is 84.8. The molecule has 5 aliphatic rings. The Kier molecular flexibility index (Phi) is 15.1. The first-order valence-electron chi connectivity index (χ1n) is 40.0. The van der Waals surface area contributed by atoms with E-state index in [0.29, 0.717) is 0 Å². The van der Waals surface area contributed by atoms with E-state index in [4.69, 9.17) is 8.83 Å². The number of unbranched alkanes of at least 4 members (excludes halogenated alkanes) is 8. The third-order valence-electron chi connectivity index (χ3n) is 26.7. The maximum absolute atomic E-state index is 7.25. The summed E-state index contributed by atoms with van der Waals surface area (Å²) in [5.74, 6) is 0. The third kappa shape index (κ3) is 9.61. The minimum atomic E-state index is -0.388. The summed E-state index contributed by atoms with van der Waals surface area (Å²) in [4.78, 5) is 2.53. The van der Waals surface area contributed by atoms with Crippen molar-refractivity contribution < 1.29 is 8.83 Å². The number of anilines is 3. The van der Waals surface area contributed by atoms with Crippen LogP contribution in [-0.2, 0) is 32.5 Å². The summed E-state index contributed by atoms with van der Waals surface area (Å²) in [7, 11) is 0. The van der Waals surface area contributed by atoms with Gasteiger partial charge < -0.3 is 13.7 Å². The molecule has 0 amide bonds. The number of para-hydroxylation sites is 2. The van der Waals surface area contributed by atoms with Crippen molar-refractivity contribution in [2.75, 3.05) is 4.90 Å². The molecule has 19 rings (SSSR count). The summed E-state index contributed by atoms with van der Waals surface area (Å²) in [6.07, 6.45) is 15.4. The molecule has 0 fully saturated rings. The van der Waals surface area contributed by atoms with Crippen LogP contribution in [0, 0.1) is 0 Å². The lowest BCUT2D eigenvalue weighted by atomic mass is 9.70. The van der Waals surface area contributed by atoms with Gasteiger partial charge in [-0.25, -0.2) is 0 Å². The highest BCUT2D eigenvalue weighted by Crippen LogP contribution is 2.65. The fraction of sp³-hybridized carbons (Fsp3) is 0.301. The van der Waals surface area contributed by atoms with E-state index < -0.39 is 0 Å². The summed E-state index contributed by atoms with van der Waals surface area (Å²) < 4.78 is 14.3. The predicted octanol–water partition coefficient (Wildman–Crippen LogP) is 29.8. The maximum Gasteiger partial charge on any atom is 0.144 e. The fourth-order valence-electron chi connectivity index (χ4n) is 21.1. The van der Waals surface area contributed by atoms with Gasteiger partial charge in [0.15, 0.2) is 0 Å². The molecule has 14 aromatic rings. The van der Waals surface area contributed by atoms with Crippen LogP contribution in [0.1, 0.15) is 228 Å². The molecule has 2 heterocycles. The molecule has 0 N–H and O–H groups in total. The molecule has 0 saturated carbocycles. The van der Waals surface area contributed by atoms with Gasteiger partial charge in [-0.2, -0.15) is 0 Å². The van der Waals surface area contributed by atoms with Crippen LogP contribution in [0.4, 0.5) is 17.1 Å². The van der Waals surface area contributed by atoms with E-state index in [0.717, 1.165) is 50.3 Å². The fourth-order valence-corrected chi connectivity index (χ4v) is 21.1. The molecular formula is C103H99NO2. The van der Waals surface area contributed by atoms with Crippen LogP contribution in [0.5, 0.6) is 0 Å². The molecule has 0 unspecified atom stereocenters. The van der Waals surface area contributed by atoms with Gasteiger partial charge in [-0.05, 0) is 219 Å². The molecule has 5 aliphatic carbocycles. The van der Waals surface area contributed by atoms with E-state index in [2.05, 4.69) is 313 Å². The highest BCUT2D eigenvalue weighted by molar-refractivity contribution is 6.22. The van der Waals surface area contributed by atoms with Gasteiger partial charge in [0.05, 0.1) is 0 Å². The Hall–Kier alpha value is -9.96. The van der Waals surface area contributed by atoms with E-state index >= 15 is 0 Å². The quantitative estimate of drug-likeness (QED) is 0.0851. The normalized spacial score (nSPS) is 15.9. The number of hydrogen-bond donors (Lipinski definition) is 0. The average molecular weight is 1380 g/mol. The SMILES string of the molecule is CCCCCCCC1(CCCCCCC)c2ccccc2-c2ccc(-c3ccc4c(c3)C(C)(C)c3cc(-c5cc6c(c7c5oc5ccccc57)-c5ccc(N(c7ccc(C(C)(C)C)cc7)c7ccc8c(c7)C(C)(C)c7c9c(c%10oc%11ccccc%11c%10c7-8)-c7ccccc7C9(C)C)cc5C6(C)C)ccc3-4)cc21. The minimum absolute atomic E-state index is 0.00856. The second kappa shape index (κ2) is 24.0. The summed E-state index contributed by atoms with van der Waals surface area (Å²) in [6.45, 7) is 31.2. The van der Waals surface area contributed by atoms with Gasteiger partial charge in [-0.15, -0.1) is 0 Å². The molecule has 0 aliphatic heterocycles. The van der Waals surface area contributed by atoms with E-state index in [1.54, 1.807) is 11.1 Å². The molecule has 106 heavy (non-hydrogen) atoms. The van der Waals surface area contributed by atoms with Gasteiger partial charge in [0.2, 0.25) is 0 Å². The van der Waals surface area contributed by atoms with Crippen LogP contribution < -0.4 is 4.90 Å². The zero-order valence-electron chi connectivity index (χ0n) is 64.5. The number of benzene rings is 12. The number of hydrogen-bond acceptors (Lipinski definition) is 3. The van der Waals surface area contributed by atoms with Crippen LogP contribution in [0.2, 0.25) is 0 Å². The molecule has 2 aromatic heterocycles. The van der Waals surface area contributed by atoms with Gasteiger partial charge in [0.1, 0.15) is 22.3 Å². The molecule has 0 atom stereocenters. The van der Waals surface area contributed by atoms with Crippen molar-refractivity contribution in [1.82, 2.24) is 0 Å². The van der Waals surface area contributed by atoms with E-state index in [9.17, 15) is 0 Å². The molecule has 3 nitrogen and oxygen atoms in total. The lowest BCUT2D eigenvalue weighted by molar-refractivity contribution is 0.399. The number of rotatable bonds is 17. The Labute approximate surface area is 627 Å². The Bertz CT molecular complexity index is 5970. The molecule has 0 saturated heterocycles. The summed E-state index contributed by atoms with van der Waals surface area (Å²) in [5.41, 5.74) is 39.4. The van der Waals surface area contributed by atoms with Crippen molar-refractivity contribution in [2.45, 2.75) is 200 Å². The van der Waals surface area contributed by atoms with Crippen LogP contribution >= 0.6 is 0 Å². The second-order valence-corrected chi connectivity index (χ2v) is 35.3. The number of nitrogens with zero attached hydrogens (tertiary/aromatic N) is 1. The zero-order chi connectivity index (χ0) is 72.7. The first-order valence-corrected chi connectivity index (χ1v) is 40.0.